The zero-order valence-corrected chi connectivity index (χ0v) is 15.7. The Morgan fingerprint density at radius 1 is 1.19 bits per heavy atom. The molecule has 0 aromatic heterocycles. The van der Waals surface area contributed by atoms with Crippen LogP contribution >= 0.6 is 38.5 Å². The van der Waals surface area contributed by atoms with Crippen LogP contribution in [-0.2, 0) is 6.54 Å². The maximum atomic E-state index is 5.60. The van der Waals surface area contributed by atoms with E-state index < -0.39 is 0 Å². The lowest BCUT2D eigenvalue weighted by Crippen LogP contribution is -2.02. The van der Waals surface area contributed by atoms with Crippen molar-refractivity contribution < 1.29 is 9.47 Å². The number of ether oxygens (including phenoxy) is 2. The van der Waals surface area contributed by atoms with Gasteiger partial charge in [0.1, 0.15) is 0 Å². The lowest BCUT2D eigenvalue weighted by atomic mass is 10.2. The summed E-state index contributed by atoms with van der Waals surface area (Å²) in [5, 5.41) is 3.40. The quantitative estimate of drug-likeness (QED) is 0.609. The SMILES string of the molecule is CCOc1c(Br)cc(CNc2ccc(I)cc2)cc1OC. The number of halogens is 2. The van der Waals surface area contributed by atoms with Crippen molar-refractivity contribution in [3.8, 4) is 11.5 Å². The summed E-state index contributed by atoms with van der Waals surface area (Å²) in [5.41, 5.74) is 2.22. The van der Waals surface area contributed by atoms with Crippen molar-refractivity contribution >= 4 is 44.2 Å². The molecule has 0 bridgehead atoms. The summed E-state index contributed by atoms with van der Waals surface area (Å²) in [6.07, 6.45) is 0. The fourth-order valence-corrected chi connectivity index (χ4v) is 2.90. The highest BCUT2D eigenvalue weighted by atomic mass is 127. The minimum Gasteiger partial charge on any atom is -0.493 e. The molecule has 0 amide bonds. The molecule has 2 rings (SSSR count). The van der Waals surface area contributed by atoms with Gasteiger partial charge in [0.2, 0.25) is 0 Å². The second kappa shape index (κ2) is 7.89. The molecular formula is C16H17BrINO2. The largest absolute Gasteiger partial charge is 0.493 e. The fourth-order valence-electron chi connectivity index (χ4n) is 1.93. The van der Waals surface area contributed by atoms with Gasteiger partial charge in [-0.1, -0.05) is 0 Å². The van der Waals surface area contributed by atoms with Crippen LogP contribution in [0.25, 0.3) is 0 Å². The Bertz CT molecular complexity index is 602. The highest BCUT2D eigenvalue weighted by Crippen LogP contribution is 2.36. The molecule has 0 atom stereocenters. The van der Waals surface area contributed by atoms with Gasteiger partial charge in [-0.05, 0) is 87.4 Å². The summed E-state index contributed by atoms with van der Waals surface area (Å²) in [7, 11) is 1.65. The third-order valence-corrected chi connectivity index (χ3v) is 4.23. The van der Waals surface area contributed by atoms with Gasteiger partial charge in [0.25, 0.3) is 0 Å². The minimum absolute atomic E-state index is 0.606. The topological polar surface area (TPSA) is 30.5 Å². The van der Waals surface area contributed by atoms with Crippen LogP contribution in [0.4, 0.5) is 5.69 Å². The highest BCUT2D eigenvalue weighted by Gasteiger charge is 2.11. The van der Waals surface area contributed by atoms with E-state index >= 15 is 0 Å². The van der Waals surface area contributed by atoms with Gasteiger partial charge < -0.3 is 14.8 Å². The van der Waals surface area contributed by atoms with Crippen LogP contribution in [0.5, 0.6) is 11.5 Å². The van der Waals surface area contributed by atoms with Crippen molar-refractivity contribution in [1.29, 1.82) is 0 Å². The van der Waals surface area contributed by atoms with E-state index in [1.807, 2.05) is 19.1 Å². The summed E-state index contributed by atoms with van der Waals surface area (Å²) in [4.78, 5) is 0. The number of methoxy groups -OCH3 is 1. The highest BCUT2D eigenvalue weighted by molar-refractivity contribution is 14.1. The zero-order valence-electron chi connectivity index (χ0n) is 12.0. The Hall–Kier alpha value is -0.950. The molecule has 0 aliphatic carbocycles. The van der Waals surface area contributed by atoms with Crippen LogP contribution in [0.2, 0.25) is 0 Å². The maximum Gasteiger partial charge on any atom is 0.175 e. The van der Waals surface area contributed by atoms with Gasteiger partial charge in [-0.15, -0.1) is 0 Å². The third-order valence-electron chi connectivity index (χ3n) is 2.92. The van der Waals surface area contributed by atoms with Crippen LogP contribution in [0.3, 0.4) is 0 Å². The second-order valence-electron chi connectivity index (χ2n) is 4.40. The van der Waals surface area contributed by atoms with Crippen LogP contribution < -0.4 is 14.8 Å². The average Bonchev–Trinajstić information content (AvgIpc) is 2.49. The summed E-state index contributed by atoms with van der Waals surface area (Å²) in [6.45, 7) is 3.29. The lowest BCUT2D eigenvalue weighted by Gasteiger charge is -2.14. The van der Waals surface area contributed by atoms with E-state index in [0.29, 0.717) is 6.61 Å². The Balaban J connectivity index is 2.13. The van der Waals surface area contributed by atoms with Crippen LogP contribution in [0, 0.1) is 3.57 Å². The average molecular weight is 462 g/mol. The van der Waals surface area contributed by atoms with Crippen molar-refractivity contribution in [2.45, 2.75) is 13.5 Å². The Morgan fingerprint density at radius 2 is 1.90 bits per heavy atom. The molecular weight excluding hydrogens is 445 g/mol. The second-order valence-corrected chi connectivity index (χ2v) is 6.50. The summed E-state index contributed by atoms with van der Waals surface area (Å²) < 4.78 is 13.1. The van der Waals surface area contributed by atoms with E-state index in [1.165, 1.54) is 3.57 Å². The van der Waals surface area contributed by atoms with E-state index in [-0.39, 0.29) is 0 Å². The zero-order chi connectivity index (χ0) is 15.2. The first-order valence-electron chi connectivity index (χ1n) is 6.62. The maximum absolute atomic E-state index is 5.60. The van der Waals surface area contributed by atoms with Gasteiger partial charge in [-0.25, -0.2) is 0 Å². The predicted molar refractivity (Wildman–Crippen MR) is 98.3 cm³/mol. The molecule has 21 heavy (non-hydrogen) atoms. The normalized spacial score (nSPS) is 10.3. The van der Waals surface area contributed by atoms with Crippen molar-refractivity contribution in [2.24, 2.45) is 0 Å². The first-order chi connectivity index (χ1) is 10.1. The number of rotatable bonds is 6. The molecule has 0 heterocycles. The van der Waals surface area contributed by atoms with Crippen molar-refractivity contribution in [3.63, 3.8) is 0 Å². The van der Waals surface area contributed by atoms with Gasteiger partial charge in [0.05, 0.1) is 18.2 Å². The number of hydrogen-bond acceptors (Lipinski definition) is 3. The number of hydrogen-bond donors (Lipinski definition) is 1. The number of anilines is 1. The van der Waals surface area contributed by atoms with E-state index in [9.17, 15) is 0 Å². The van der Waals surface area contributed by atoms with E-state index in [0.717, 1.165) is 33.8 Å². The minimum atomic E-state index is 0.606. The molecule has 5 heteroatoms. The third kappa shape index (κ3) is 4.51. The first kappa shape index (κ1) is 16.4. The molecule has 0 saturated carbocycles. The lowest BCUT2D eigenvalue weighted by molar-refractivity contribution is 0.308. The molecule has 0 aliphatic rings. The van der Waals surface area contributed by atoms with E-state index in [4.69, 9.17) is 9.47 Å². The smallest absolute Gasteiger partial charge is 0.175 e. The standard InChI is InChI=1S/C16H17BrINO2/c1-3-21-16-14(17)8-11(9-15(16)20-2)10-19-13-6-4-12(18)5-7-13/h4-9,19H,3,10H2,1-2H3. The summed E-state index contributed by atoms with van der Waals surface area (Å²) in [6, 6.07) is 12.4. The first-order valence-corrected chi connectivity index (χ1v) is 8.50. The molecule has 0 unspecified atom stereocenters. The molecule has 2 aromatic rings. The van der Waals surface area contributed by atoms with Gasteiger partial charge in [-0.3, -0.25) is 0 Å². The summed E-state index contributed by atoms with van der Waals surface area (Å²) >= 11 is 5.84. The molecule has 0 aliphatic heterocycles. The molecule has 0 fully saturated rings. The Kier molecular flexibility index (Phi) is 6.17. The molecule has 1 N–H and O–H groups in total. The van der Waals surface area contributed by atoms with E-state index in [1.54, 1.807) is 7.11 Å². The number of nitrogens with one attached hydrogen (secondary N) is 1. The van der Waals surface area contributed by atoms with Gasteiger partial charge in [0, 0.05) is 15.8 Å². The molecule has 3 nitrogen and oxygen atoms in total. The van der Waals surface area contributed by atoms with Gasteiger partial charge >= 0.3 is 0 Å². The monoisotopic (exact) mass is 461 g/mol. The van der Waals surface area contributed by atoms with Crippen LogP contribution in [0.15, 0.2) is 40.9 Å². The Morgan fingerprint density at radius 3 is 2.52 bits per heavy atom. The van der Waals surface area contributed by atoms with Crippen LogP contribution in [-0.4, -0.2) is 13.7 Å². The predicted octanol–water partition coefficient (Wildman–Crippen LogP) is 5.07. The molecule has 0 radical (unpaired) electrons. The molecule has 112 valence electrons. The fraction of sp³-hybridized carbons (Fsp3) is 0.250. The molecule has 2 aromatic carbocycles. The van der Waals surface area contributed by atoms with Crippen molar-refractivity contribution in [2.75, 3.05) is 19.0 Å². The Labute approximate surface area is 147 Å². The van der Waals surface area contributed by atoms with Crippen molar-refractivity contribution in [1.82, 2.24) is 0 Å². The van der Waals surface area contributed by atoms with Crippen LogP contribution in [0.1, 0.15) is 12.5 Å². The molecule has 0 saturated heterocycles. The van der Waals surface area contributed by atoms with Crippen molar-refractivity contribution in [3.05, 3.63) is 50.0 Å². The van der Waals surface area contributed by atoms with E-state index in [2.05, 4.69) is 68.1 Å². The van der Waals surface area contributed by atoms with Gasteiger partial charge in [-0.2, -0.15) is 0 Å². The summed E-state index contributed by atoms with van der Waals surface area (Å²) in [5.74, 6) is 1.49. The molecule has 0 spiro atoms. The van der Waals surface area contributed by atoms with Gasteiger partial charge in [0.15, 0.2) is 11.5 Å². The number of benzene rings is 2.